The molecule has 0 radical (unpaired) electrons. The molecule has 6 nitrogen and oxygen atoms in total. The summed E-state index contributed by atoms with van der Waals surface area (Å²) in [6, 6.07) is 0.203. The van der Waals surface area contributed by atoms with Gasteiger partial charge in [0.05, 0.1) is 19.0 Å². The van der Waals surface area contributed by atoms with Crippen molar-refractivity contribution in [3.63, 3.8) is 0 Å². The molecule has 0 aliphatic carbocycles. The van der Waals surface area contributed by atoms with Gasteiger partial charge in [-0.1, -0.05) is 13.8 Å². The van der Waals surface area contributed by atoms with Crippen molar-refractivity contribution < 1.29 is 9.53 Å². The third-order valence-corrected chi connectivity index (χ3v) is 3.64. The lowest BCUT2D eigenvalue weighted by Gasteiger charge is -2.19. The topological polar surface area (TPSA) is 73.2 Å². The summed E-state index contributed by atoms with van der Waals surface area (Å²) >= 11 is 3.23. The van der Waals surface area contributed by atoms with E-state index < -0.39 is 5.97 Å². The minimum absolute atomic E-state index is 0.200. The van der Waals surface area contributed by atoms with Gasteiger partial charge in [0.1, 0.15) is 11.0 Å². The average molecular weight is 332 g/mol. The molecule has 0 amide bonds. The lowest BCUT2D eigenvalue weighted by molar-refractivity contribution is -0.141. The number of carbonyl (C=O) groups is 1. The number of rotatable bonds is 5. The molecule has 0 fully saturated rings. The van der Waals surface area contributed by atoms with Gasteiger partial charge in [0.25, 0.3) is 5.56 Å². The normalized spacial score (nSPS) is 12.3. The molecule has 1 atom stereocenters. The number of carbonyl (C=O) groups excluding carboxylic acids is 1. The van der Waals surface area contributed by atoms with Crippen molar-refractivity contribution in [2.24, 2.45) is 5.92 Å². The molecule has 0 bridgehead atoms. The number of nitrogens with zero attached hydrogens (tertiary/aromatic N) is 2. The fourth-order valence-electron chi connectivity index (χ4n) is 1.28. The van der Waals surface area contributed by atoms with Gasteiger partial charge in [-0.15, -0.1) is 0 Å². The summed E-state index contributed by atoms with van der Waals surface area (Å²) in [5.74, 6) is -0.0952. The first-order valence-electron chi connectivity index (χ1n) is 5.95. The molecule has 1 unspecified atom stereocenters. The van der Waals surface area contributed by atoms with Crippen molar-refractivity contribution >= 4 is 27.6 Å². The van der Waals surface area contributed by atoms with E-state index in [4.69, 9.17) is 0 Å². The number of anilines is 1. The SMILES string of the molecule is COC(=O)Cn1ncc(NC(C)C(C)C)c(Br)c1=O. The van der Waals surface area contributed by atoms with Crippen LogP contribution >= 0.6 is 15.9 Å². The lowest BCUT2D eigenvalue weighted by atomic mass is 10.1. The number of esters is 1. The number of methoxy groups -OCH3 is 1. The van der Waals surface area contributed by atoms with Crippen LogP contribution in [0.3, 0.4) is 0 Å². The fraction of sp³-hybridized carbons (Fsp3) is 0.583. The highest BCUT2D eigenvalue weighted by atomic mass is 79.9. The van der Waals surface area contributed by atoms with E-state index in [9.17, 15) is 9.59 Å². The van der Waals surface area contributed by atoms with Crippen LogP contribution in [0.1, 0.15) is 20.8 Å². The Morgan fingerprint density at radius 3 is 2.68 bits per heavy atom. The minimum Gasteiger partial charge on any atom is -0.468 e. The Morgan fingerprint density at radius 2 is 2.16 bits per heavy atom. The van der Waals surface area contributed by atoms with Crippen LogP contribution in [0.25, 0.3) is 0 Å². The van der Waals surface area contributed by atoms with E-state index >= 15 is 0 Å². The summed E-state index contributed by atoms with van der Waals surface area (Å²) in [6.45, 7) is 5.99. The third-order valence-electron chi connectivity index (χ3n) is 2.87. The summed E-state index contributed by atoms with van der Waals surface area (Å²) in [7, 11) is 1.27. The first-order chi connectivity index (χ1) is 8.86. The van der Waals surface area contributed by atoms with Crippen LogP contribution in [0.4, 0.5) is 5.69 Å². The van der Waals surface area contributed by atoms with Gasteiger partial charge in [-0.05, 0) is 28.8 Å². The number of aromatic nitrogens is 2. The summed E-state index contributed by atoms with van der Waals surface area (Å²) < 4.78 is 5.92. The average Bonchev–Trinajstić information content (AvgIpc) is 2.37. The maximum Gasteiger partial charge on any atom is 0.327 e. The molecule has 1 N–H and O–H groups in total. The molecule has 0 aliphatic heterocycles. The van der Waals surface area contributed by atoms with Crippen LogP contribution in [0.15, 0.2) is 15.5 Å². The Bertz CT molecular complexity index is 513. The van der Waals surface area contributed by atoms with E-state index in [0.717, 1.165) is 4.68 Å². The Balaban J connectivity index is 2.98. The zero-order chi connectivity index (χ0) is 14.6. The molecule has 0 saturated carbocycles. The van der Waals surface area contributed by atoms with Gasteiger partial charge in [0, 0.05) is 6.04 Å². The zero-order valence-electron chi connectivity index (χ0n) is 11.4. The Labute approximate surface area is 120 Å². The van der Waals surface area contributed by atoms with Gasteiger partial charge in [-0.25, -0.2) is 4.68 Å². The first-order valence-corrected chi connectivity index (χ1v) is 6.75. The number of hydrogen-bond acceptors (Lipinski definition) is 5. The zero-order valence-corrected chi connectivity index (χ0v) is 13.0. The van der Waals surface area contributed by atoms with E-state index in [2.05, 4.69) is 44.9 Å². The third kappa shape index (κ3) is 4.05. The van der Waals surface area contributed by atoms with E-state index in [1.807, 2.05) is 6.92 Å². The van der Waals surface area contributed by atoms with Crippen LogP contribution in [0.5, 0.6) is 0 Å². The molecule has 0 aromatic carbocycles. The molecule has 106 valence electrons. The van der Waals surface area contributed by atoms with E-state index in [1.54, 1.807) is 0 Å². The van der Waals surface area contributed by atoms with E-state index in [0.29, 0.717) is 16.1 Å². The molecule has 0 aliphatic rings. The van der Waals surface area contributed by atoms with Crippen molar-refractivity contribution in [3.05, 3.63) is 21.0 Å². The molecule has 1 aromatic rings. The largest absolute Gasteiger partial charge is 0.468 e. The number of halogens is 1. The van der Waals surface area contributed by atoms with Crippen molar-refractivity contribution in [2.75, 3.05) is 12.4 Å². The smallest absolute Gasteiger partial charge is 0.327 e. The number of ether oxygens (including phenoxy) is 1. The standard InChI is InChI=1S/C12H18BrN3O3/c1-7(2)8(3)15-9-5-14-16(6-10(17)19-4)12(18)11(9)13/h5,7-8,15H,6H2,1-4H3. The van der Waals surface area contributed by atoms with Crippen molar-refractivity contribution in [1.82, 2.24) is 9.78 Å². The van der Waals surface area contributed by atoms with Gasteiger partial charge >= 0.3 is 5.97 Å². The van der Waals surface area contributed by atoms with Crippen LogP contribution < -0.4 is 10.9 Å². The minimum atomic E-state index is -0.516. The Morgan fingerprint density at radius 1 is 1.53 bits per heavy atom. The van der Waals surface area contributed by atoms with Crippen LogP contribution in [-0.4, -0.2) is 28.9 Å². The molecular formula is C12H18BrN3O3. The van der Waals surface area contributed by atoms with E-state index in [1.165, 1.54) is 13.3 Å². The van der Waals surface area contributed by atoms with Gasteiger partial charge < -0.3 is 10.1 Å². The highest BCUT2D eigenvalue weighted by Crippen LogP contribution is 2.19. The first kappa shape index (κ1) is 15.7. The summed E-state index contributed by atoms with van der Waals surface area (Å²) in [6.07, 6.45) is 1.52. The van der Waals surface area contributed by atoms with Gasteiger partial charge in [-0.2, -0.15) is 5.10 Å². The summed E-state index contributed by atoms with van der Waals surface area (Å²) in [5.41, 5.74) is 0.249. The highest BCUT2D eigenvalue weighted by Gasteiger charge is 2.14. The van der Waals surface area contributed by atoms with E-state index in [-0.39, 0.29) is 18.1 Å². The monoisotopic (exact) mass is 331 g/mol. The predicted octanol–water partition coefficient (Wildman–Crippen LogP) is 1.64. The molecule has 1 rings (SSSR count). The van der Waals surface area contributed by atoms with Gasteiger partial charge in [0.15, 0.2) is 0 Å². The summed E-state index contributed by atoms with van der Waals surface area (Å²) in [4.78, 5) is 23.1. The van der Waals surface area contributed by atoms with Crippen LogP contribution in [-0.2, 0) is 16.1 Å². The molecule has 19 heavy (non-hydrogen) atoms. The van der Waals surface area contributed by atoms with Gasteiger partial charge in [0.2, 0.25) is 0 Å². The molecular weight excluding hydrogens is 314 g/mol. The fourth-order valence-corrected chi connectivity index (χ4v) is 1.70. The molecule has 0 saturated heterocycles. The number of nitrogens with one attached hydrogen (secondary N) is 1. The van der Waals surface area contributed by atoms with Crippen LogP contribution in [0.2, 0.25) is 0 Å². The second-order valence-corrected chi connectivity index (χ2v) is 5.38. The highest BCUT2D eigenvalue weighted by molar-refractivity contribution is 9.10. The molecule has 1 aromatic heterocycles. The van der Waals surface area contributed by atoms with Crippen molar-refractivity contribution in [1.29, 1.82) is 0 Å². The second kappa shape index (κ2) is 6.70. The maximum absolute atomic E-state index is 12.0. The van der Waals surface area contributed by atoms with Crippen molar-refractivity contribution in [3.8, 4) is 0 Å². The lowest BCUT2D eigenvalue weighted by Crippen LogP contribution is -2.30. The molecule has 1 heterocycles. The predicted molar refractivity (Wildman–Crippen MR) is 76.1 cm³/mol. The Hall–Kier alpha value is -1.37. The maximum atomic E-state index is 12.0. The van der Waals surface area contributed by atoms with Crippen molar-refractivity contribution in [2.45, 2.75) is 33.4 Å². The summed E-state index contributed by atoms with van der Waals surface area (Å²) in [5, 5.41) is 7.16. The number of hydrogen-bond donors (Lipinski definition) is 1. The molecule has 7 heteroatoms. The van der Waals surface area contributed by atoms with Gasteiger partial charge in [-0.3, -0.25) is 9.59 Å². The van der Waals surface area contributed by atoms with Crippen LogP contribution in [0, 0.1) is 5.92 Å². The molecule has 0 spiro atoms. The quantitative estimate of drug-likeness (QED) is 0.830. The Kier molecular flexibility index (Phi) is 5.53. The second-order valence-electron chi connectivity index (χ2n) is 4.59.